The van der Waals surface area contributed by atoms with Gasteiger partial charge >= 0.3 is 0 Å². The second kappa shape index (κ2) is 5.89. The number of amides is 1. The van der Waals surface area contributed by atoms with Gasteiger partial charge in [0.15, 0.2) is 0 Å². The van der Waals surface area contributed by atoms with Crippen molar-refractivity contribution in [2.24, 2.45) is 5.41 Å². The smallest absolute Gasteiger partial charge is 0.261 e. The molecule has 0 saturated heterocycles. The summed E-state index contributed by atoms with van der Waals surface area (Å²) in [5.41, 5.74) is -0.146. The first-order valence-electron chi connectivity index (χ1n) is 6.49. The molecular formula is C15H18FNO2S. The number of carbonyl (C=O) groups is 1. The van der Waals surface area contributed by atoms with Crippen molar-refractivity contribution < 1.29 is 14.3 Å². The van der Waals surface area contributed by atoms with Crippen molar-refractivity contribution in [3.05, 3.63) is 35.0 Å². The Hall–Kier alpha value is -1.46. The number of aliphatic hydroxyl groups excluding tert-OH is 1. The molecule has 2 aromatic rings. The third kappa shape index (κ3) is 3.55. The molecule has 0 atom stereocenters. The van der Waals surface area contributed by atoms with E-state index in [0.717, 1.165) is 10.1 Å². The van der Waals surface area contributed by atoms with Crippen LogP contribution in [0.2, 0.25) is 0 Å². The van der Waals surface area contributed by atoms with E-state index in [9.17, 15) is 9.18 Å². The summed E-state index contributed by atoms with van der Waals surface area (Å²) in [6.45, 7) is 4.58. The van der Waals surface area contributed by atoms with E-state index in [2.05, 4.69) is 5.32 Å². The van der Waals surface area contributed by atoms with Crippen LogP contribution in [0.5, 0.6) is 0 Å². The molecule has 0 bridgehead atoms. The Morgan fingerprint density at radius 2 is 2.15 bits per heavy atom. The summed E-state index contributed by atoms with van der Waals surface area (Å²) in [6, 6.07) is 6.21. The number of aliphatic hydroxyl groups is 1. The lowest BCUT2D eigenvalue weighted by molar-refractivity contribution is 0.0932. The molecule has 0 spiro atoms. The Bertz CT molecular complexity index is 621. The highest BCUT2D eigenvalue weighted by Gasteiger charge is 2.19. The van der Waals surface area contributed by atoms with Crippen molar-refractivity contribution in [2.45, 2.75) is 20.3 Å². The van der Waals surface area contributed by atoms with E-state index in [1.165, 1.54) is 23.5 Å². The van der Waals surface area contributed by atoms with Gasteiger partial charge < -0.3 is 10.4 Å². The van der Waals surface area contributed by atoms with Crippen LogP contribution in [-0.4, -0.2) is 24.2 Å². The molecule has 108 valence electrons. The molecule has 1 heterocycles. The van der Waals surface area contributed by atoms with Gasteiger partial charge in [-0.05, 0) is 41.5 Å². The Balaban J connectivity index is 2.08. The molecule has 5 heteroatoms. The number of hydrogen-bond donors (Lipinski definition) is 2. The Kier molecular flexibility index (Phi) is 4.40. The number of hydrogen-bond acceptors (Lipinski definition) is 3. The van der Waals surface area contributed by atoms with Crippen LogP contribution in [0.3, 0.4) is 0 Å². The van der Waals surface area contributed by atoms with Crippen LogP contribution in [-0.2, 0) is 0 Å². The highest BCUT2D eigenvalue weighted by molar-refractivity contribution is 7.20. The number of thiophene rings is 1. The van der Waals surface area contributed by atoms with Gasteiger partial charge in [0.25, 0.3) is 5.91 Å². The largest absolute Gasteiger partial charge is 0.396 e. The van der Waals surface area contributed by atoms with Crippen molar-refractivity contribution in [2.75, 3.05) is 13.2 Å². The molecule has 20 heavy (non-hydrogen) atoms. The van der Waals surface area contributed by atoms with Crippen molar-refractivity contribution in [1.29, 1.82) is 0 Å². The fourth-order valence-corrected chi connectivity index (χ4v) is 2.88. The molecule has 0 fully saturated rings. The Labute approximate surface area is 121 Å². The minimum Gasteiger partial charge on any atom is -0.396 e. The summed E-state index contributed by atoms with van der Waals surface area (Å²) >= 11 is 1.35. The van der Waals surface area contributed by atoms with E-state index in [4.69, 9.17) is 5.11 Å². The maximum Gasteiger partial charge on any atom is 0.261 e. The van der Waals surface area contributed by atoms with Crippen LogP contribution >= 0.6 is 11.3 Å². The van der Waals surface area contributed by atoms with Crippen molar-refractivity contribution in [3.8, 4) is 0 Å². The number of carbonyl (C=O) groups excluding carboxylic acids is 1. The maximum absolute atomic E-state index is 13.1. The Morgan fingerprint density at radius 3 is 2.85 bits per heavy atom. The second-order valence-electron chi connectivity index (χ2n) is 5.61. The van der Waals surface area contributed by atoms with Crippen molar-refractivity contribution in [3.63, 3.8) is 0 Å². The molecule has 0 saturated carbocycles. The fourth-order valence-electron chi connectivity index (χ4n) is 1.92. The lowest BCUT2D eigenvalue weighted by atomic mass is 9.90. The third-order valence-corrected chi connectivity index (χ3v) is 4.33. The first-order valence-corrected chi connectivity index (χ1v) is 7.31. The van der Waals surface area contributed by atoms with Crippen LogP contribution in [0.25, 0.3) is 10.1 Å². The molecule has 0 radical (unpaired) electrons. The lowest BCUT2D eigenvalue weighted by Gasteiger charge is -2.23. The zero-order valence-electron chi connectivity index (χ0n) is 11.6. The van der Waals surface area contributed by atoms with Gasteiger partial charge in [-0.2, -0.15) is 0 Å². The van der Waals surface area contributed by atoms with Gasteiger partial charge in [-0.3, -0.25) is 4.79 Å². The molecule has 1 amide bonds. The number of fused-ring (bicyclic) bond motifs is 1. The molecule has 0 aliphatic carbocycles. The van der Waals surface area contributed by atoms with Gasteiger partial charge in [-0.1, -0.05) is 13.8 Å². The van der Waals surface area contributed by atoms with E-state index in [0.29, 0.717) is 17.8 Å². The van der Waals surface area contributed by atoms with Gasteiger partial charge in [0.1, 0.15) is 5.82 Å². The van der Waals surface area contributed by atoms with Gasteiger partial charge in [-0.25, -0.2) is 4.39 Å². The highest BCUT2D eigenvalue weighted by atomic mass is 32.1. The van der Waals surface area contributed by atoms with Crippen LogP contribution in [0.15, 0.2) is 24.3 Å². The summed E-state index contributed by atoms with van der Waals surface area (Å²) in [4.78, 5) is 12.7. The van der Waals surface area contributed by atoms with E-state index in [-0.39, 0.29) is 23.7 Å². The average Bonchev–Trinajstić information content (AvgIpc) is 2.79. The highest BCUT2D eigenvalue weighted by Crippen LogP contribution is 2.26. The third-order valence-electron chi connectivity index (χ3n) is 3.22. The monoisotopic (exact) mass is 295 g/mol. The molecule has 1 aromatic carbocycles. The molecule has 2 N–H and O–H groups in total. The topological polar surface area (TPSA) is 49.3 Å². The van der Waals surface area contributed by atoms with Crippen LogP contribution < -0.4 is 5.32 Å². The van der Waals surface area contributed by atoms with Gasteiger partial charge in [0.05, 0.1) is 4.88 Å². The molecule has 3 nitrogen and oxygen atoms in total. The minimum atomic E-state index is -0.300. The molecule has 2 rings (SSSR count). The average molecular weight is 295 g/mol. The summed E-state index contributed by atoms with van der Waals surface area (Å²) in [5, 5.41) is 12.6. The Morgan fingerprint density at radius 1 is 1.40 bits per heavy atom. The first-order chi connectivity index (χ1) is 9.41. The zero-order chi connectivity index (χ0) is 14.8. The van der Waals surface area contributed by atoms with Crippen LogP contribution in [0.4, 0.5) is 4.39 Å². The minimum absolute atomic E-state index is 0.102. The number of rotatable bonds is 5. The van der Waals surface area contributed by atoms with Crippen molar-refractivity contribution >= 4 is 27.3 Å². The van der Waals surface area contributed by atoms with E-state index in [1.54, 1.807) is 12.1 Å². The summed E-state index contributed by atoms with van der Waals surface area (Å²) in [7, 11) is 0. The fraction of sp³-hybridized carbons (Fsp3) is 0.400. The standard InChI is InChI=1S/C15H18FNO2S/c1-15(2,5-6-18)9-17-14(19)13-8-10-7-11(16)3-4-12(10)20-13/h3-4,7-8,18H,5-6,9H2,1-2H3,(H,17,19). The SMILES string of the molecule is CC(C)(CCO)CNC(=O)c1cc2cc(F)ccc2s1. The molecular weight excluding hydrogens is 277 g/mol. The summed E-state index contributed by atoms with van der Waals surface area (Å²) in [6.07, 6.45) is 0.630. The lowest BCUT2D eigenvalue weighted by Crippen LogP contribution is -2.34. The quantitative estimate of drug-likeness (QED) is 0.890. The maximum atomic E-state index is 13.1. The van der Waals surface area contributed by atoms with Crippen LogP contribution in [0, 0.1) is 11.2 Å². The zero-order valence-corrected chi connectivity index (χ0v) is 12.4. The summed E-state index contributed by atoms with van der Waals surface area (Å²) in [5.74, 6) is -0.455. The van der Waals surface area contributed by atoms with E-state index >= 15 is 0 Å². The van der Waals surface area contributed by atoms with Gasteiger partial charge in [0, 0.05) is 17.9 Å². The molecule has 0 aliphatic heterocycles. The first kappa shape index (κ1) is 14.9. The van der Waals surface area contributed by atoms with Crippen LogP contribution in [0.1, 0.15) is 29.9 Å². The van der Waals surface area contributed by atoms with Gasteiger partial charge in [-0.15, -0.1) is 11.3 Å². The molecule has 1 aromatic heterocycles. The molecule has 0 unspecified atom stereocenters. The predicted octanol–water partition coefficient (Wildman–Crippen LogP) is 3.18. The van der Waals surface area contributed by atoms with Crippen molar-refractivity contribution in [1.82, 2.24) is 5.32 Å². The number of halogens is 1. The second-order valence-corrected chi connectivity index (χ2v) is 6.70. The number of nitrogens with one attached hydrogen (secondary N) is 1. The van der Waals surface area contributed by atoms with E-state index < -0.39 is 0 Å². The summed E-state index contributed by atoms with van der Waals surface area (Å²) < 4.78 is 14.0. The molecule has 0 aliphatic rings. The van der Waals surface area contributed by atoms with Gasteiger partial charge in [0.2, 0.25) is 0 Å². The van der Waals surface area contributed by atoms with E-state index in [1.807, 2.05) is 13.8 Å². The normalized spacial score (nSPS) is 11.8. The predicted molar refractivity (Wildman–Crippen MR) is 79.6 cm³/mol. The number of benzene rings is 1.